The van der Waals surface area contributed by atoms with Crippen molar-refractivity contribution in [3.8, 4) is 0 Å². The van der Waals surface area contributed by atoms with Crippen molar-refractivity contribution in [3.63, 3.8) is 0 Å². The molecule has 2 atom stereocenters. The summed E-state index contributed by atoms with van der Waals surface area (Å²) < 4.78 is 28.0. The molecule has 2 fully saturated rings. The molecule has 2 saturated heterocycles. The standard InChI is InChI=1S/C24H33N3O3S/c1-3-22-10-6-7-13-27(22)24(28)19(2)25-14-16-26(17-15-25)31(29,30)23-12-11-20-8-4-5-9-21(20)18-23/h4-5,8-9,11-12,18-19,22H,3,6-7,10,13-17H2,1-2H3. The summed E-state index contributed by atoms with van der Waals surface area (Å²) in [5.41, 5.74) is 0. The summed E-state index contributed by atoms with van der Waals surface area (Å²) >= 11 is 0. The number of piperazine rings is 1. The Hall–Kier alpha value is -1.96. The minimum absolute atomic E-state index is 0.192. The van der Waals surface area contributed by atoms with Crippen molar-refractivity contribution in [2.75, 3.05) is 32.7 Å². The molecule has 0 bridgehead atoms. The van der Waals surface area contributed by atoms with E-state index < -0.39 is 10.0 Å². The molecule has 0 aromatic heterocycles. The molecule has 0 saturated carbocycles. The van der Waals surface area contributed by atoms with E-state index in [0.717, 1.165) is 36.6 Å². The molecule has 2 aliphatic rings. The SMILES string of the molecule is CCC1CCCCN1C(=O)C(C)N1CCN(S(=O)(=O)c2ccc3ccccc3c2)CC1. The number of rotatable bonds is 5. The zero-order valence-corrected chi connectivity index (χ0v) is 19.4. The van der Waals surface area contributed by atoms with E-state index in [1.807, 2.05) is 37.3 Å². The zero-order chi connectivity index (χ0) is 22.0. The van der Waals surface area contributed by atoms with E-state index in [1.165, 1.54) is 6.42 Å². The van der Waals surface area contributed by atoms with Gasteiger partial charge in [0.1, 0.15) is 0 Å². The predicted molar refractivity (Wildman–Crippen MR) is 123 cm³/mol. The fourth-order valence-electron chi connectivity index (χ4n) is 4.92. The highest BCUT2D eigenvalue weighted by atomic mass is 32.2. The van der Waals surface area contributed by atoms with E-state index in [4.69, 9.17) is 0 Å². The molecule has 1 amide bonds. The van der Waals surface area contributed by atoms with Crippen molar-refractivity contribution in [2.45, 2.75) is 56.5 Å². The Kier molecular flexibility index (Phi) is 6.65. The van der Waals surface area contributed by atoms with Crippen molar-refractivity contribution in [1.29, 1.82) is 0 Å². The summed E-state index contributed by atoms with van der Waals surface area (Å²) in [5.74, 6) is 0.192. The molecule has 0 spiro atoms. The summed E-state index contributed by atoms with van der Waals surface area (Å²) in [6.45, 7) is 6.93. The molecule has 31 heavy (non-hydrogen) atoms. The second-order valence-electron chi connectivity index (χ2n) is 8.71. The number of fused-ring (bicyclic) bond motifs is 1. The van der Waals surface area contributed by atoms with Crippen LogP contribution in [-0.4, -0.2) is 73.2 Å². The minimum atomic E-state index is -3.54. The van der Waals surface area contributed by atoms with Gasteiger partial charge in [-0.3, -0.25) is 9.69 Å². The monoisotopic (exact) mass is 443 g/mol. The van der Waals surface area contributed by atoms with E-state index in [2.05, 4.69) is 16.7 Å². The van der Waals surface area contributed by atoms with Gasteiger partial charge in [-0.15, -0.1) is 0 Å². The number of likely N-dealkylation sites (tertiary alicyclic amines) is 1. The molecule has 2 unspecified atom stereocenters. The van der Waals surface area contributed by atoms with Crippen molar-refractivity contribution in [3.05, 3.63) is 42.5 Å². The fraction of sp³-hybridized carbons (Fsp3) is 0.542. The van der Waals surface area contributed by atoms with E-state index in [1.54, 1.807) is 16.4 Å². The van der Waals surface area contributed by atoms with Crippen LogP contribution in [0.25, 0.3) is 10.8 Å². The first-order chi connectivity index (χ1) is 14.9. The van der Waals surface area contributed by atoms with Crippen molar-refractivity contribution in [1.82, 2.24) is 14.1 Å². The van der Waals surface area contributed by atoms with Crippen LogP contribution in [0.15, 0.2) is 47.4 Å². The molecule has 7 heteroatoms. The molecule has 2 aromatic rings. The first kappa shape index (κ1) is 22.2. The smallest absolute Gasteiger partial charge is 0.243 e. The Morgan fingerprint density at radius 3 is 2.42 bits per heavy atom. The maximum atomic E-state index is 13.2. The Morgan fingerprint density at radius 2 is 1.71 bits per heavy atom. The number of amides is 1. The van der Waals surface area contributed by atoms with Crippen molar-refractivity contribution in [2.24, 2.45) is 0 Å². The largest absolute Gasteiger partial charge is 0.338 e. The average Bonchev–Trinajstić information content (AvgIpc) is 2.82. The summed E-state index contributed by atoms with van der Waals surface area (Å²) in [4.78, 5) is 17.7. The number of hydrogen-bond acceptors (Lipinski definition) is 4. The first-order valence-electron chi connectivity index (χ1n) is 11.5. The number of benzene rings is 2. The van der Waals surface area contributed by atoms with Crippen LogP contribution in [0.1, 0.15) is 39.5 Å². The summed E-state index contributed by atoms with van der Waals surface area (Å²) in [6.07, 6.45) is 4.36. The maximum Gasteiger partial charge on any atom is 0.243 e. The number of sulfonamides is 1. The van der Waals surface area contributed by atoms with Gasteiger partial charge < -0.3 is 4.90 Å². The summed E-state index contributed by atoms with van der Waals surface area (Å²) in [7, 11) is -3.54. The van der Waals surface area contributed by atoms with Gasteiger partial charge in [-0.2, -0.15) is 4.31 Å². The highest BCUT2D eigenvalue weighted by Crippen LogP contribution is 2.25. The van der Waals surface area contributed by atoms with Crippen molar-refractivity contribution < 1.29 is 13.2 Å². The molecule has 0 aliphatic carbocycles. The third-order valence-corrected chi connectivity index (χ3v) is 8.81. The lowest BCUT2D eigenvalue weighted by molar-refractivity contribution is -0.140. The van der Waals surface area contributed by atoms with Gasteiger partial charge in [0.05, 0.1) is 10.9 Å². The Bertz CT molecular complexity index is 1030. The molecule has 168 valence electrons. The van der Waals surface area contributed by atoms with Gasteiger partial charge in [-0.25, -0.2) is 8.42 Å². The molecule has 0 radical (unpaired) electrons. The molecule has 2 aromatic carbocycles. The van der Waals surface area contributed by atoms with Gasteiger partial charge in [0.25, 0.3) is 0 Å². The highest BCUT2D eigenvalue weighted by Gasteiger charge is 2.35. The number of carbonyl (C=O) groups excluding carboxylic acids is 1. The molecule has 2 heterocycles. The molecule has 2 aliphatic heterocycles. The van der Waals surface area contributed by atoms with E-state index in [0.29, 0.717) is 37.1 Å². The van der Waals surface area contributed by atoms with Gasteiger partial charge >= 0.3 is 0 Å². The second kappa shape index (κ2) is 9.27. The van der Waals surface area contributed by atoms with E-state index in [9.17, 15) is 13.2 Å². The number of hydrogen-bond donors (Lipinski definition) is 0. The normalized spacial score (nSPS) is 22.5. The van der Waals surface area contributed by atoms with Gasteiger partial charge in [0.15, 0.2) is 0 Å². The van der Waals surface area contributed by atoms with Crippen LogP contribution in [-0.2, 0) is 14.8 Å². The fourth-order valence-corrected chi connectivity index (χ4v) is 6.38. The van der Waals surface area contributed by atoms with Crippen LogP contribution in [0.2, 0.25) is 0 Å². The lowest BCUT2D eigenvalue weighted by Gasteiger charge is -2.41. The van der Waals surface area contributed by atoms with Gasteiger partial charge in [0, 0.05) is 38.8 Å². The molecular weight excluding hydrogens is 410 g/mol. The number of carbonyl (C=O) groups is 1. The third kappa shape index (κ3) is 4.49. The number of piperidine rings is 1. The van der Waals surface area contributed by atoms with Crippen LogP contribution in [0.4, 0.5) is 0 Å². The van der Waals surface area contributed by atoms with Crippen LogP contribution in [0.3, 0.4) is 0 Å². The van der Waals surface area contributed by atoms with Crippen LogP contribution in [0.5, 0.6) is 0 Å². The number of nitrogens with zero attached hydrogens (tertiary/aromatic N) is 3. The second-order valence-corrected chi connectivity index (χ2v) is 10.7. The molecule has 6 nitrogen and oxygen atoms in total. The lowest BCUT2D eigenvalue weighted by atomic mass is 9.99. The summed E-state index contributed by atoms with van der Waals surface area (Å²) in [5, 5.41) is 1.95. The molecule has 4 rings (SSSR count). The highest BCUT2D eigenvalue weighted by molar-refractivity contribution is 7.89. The van der Waals surface area contributed by atoms with Crippen molar-refractivity contribution >= 4 is 26.7 Å². The lowest BCUT2D eigenvalue weighted by Crippen LogP contribution is -2.57. The first-order valence-corrected chi connectivity index (χ1v) is 12.9. The van der Waals surface area contributed by atoms with Gasteiger partial charge in [-0.1, -0.05) is 37.3 Å². The minimum Gasteiger partial charge on any atom is -0.338 e. The third-order valence-electron chi connectivity index (χ3n) is 6.92. The summed E-state index contributed by atoms with van der Waals surface area (Å²) in [6, 6.07) is 13.2. The molecule has 0 N–H and O–H groups in total. The van der Waals surface area contributed by atoms with E-state index in [-0.39, 0.29) is 11.9 Å². The Labute approximate surface area is 185 Å². The predicted octanol–water partition coefficient (Wildman–Crippen LogP) is 3.33. The van der Waals surface area contributed by atoms with Crippen LogP contribution in [0, 0.1) is 0 Å². The molecular formula is C24H33N3O3S. The zero-order valence-electron chi connectivity index (χ0n) is 18.5. The van der Waals surface area contributed by atoms with Crippen LogP contribution < -0.4 is 0 Å². The Morgan fingerprint density at radius 1 is 1.00 bits per heavy atom. The van der Waals surface area contributed by atoms with E-state index >= 15 is 0 Å². The quantitative estimate of drug-likeness (QED) is 0.711. The van der Waals surface area contributed by atoms with Crippen LogP contribution >= 0.6 is 0 Å². The Balaban J connectivity index is 1.41. The topological polar surface area (TPSA) is 60.9 Å². The van der Waals surface area contributed by atoms with Gasteiger partial charge in [-0.05, 0) is 55.5 Å². The maximum absolute atomic E-state index is 13.2. The average molecular weight is 444 g/mol. The van der Waals surface area contributed by atoms with Gasteiger partial charge in [0.2, 0.25) is 15.9 Å².